The van der Waals surface area contributed by atoms with E-state index in [0.717, 1.165) is 18.9 Å². The minimum Gasteiger partial charge on any atom is -0.449 e. The van der Waals surface area contributed by atoms with E-state index in [0.29, 0.717) is 24.7 Å². The number of esters is 1. The Kier molecular flexibility index (Phi) is 6.32. The molecular formula is C17H22N4O6. The Balaban J connectivity index is 2.17. The summed E-state index contributed by atoms with van der Waals surface area (Å²) < 4.78 is 4.94. The number of nitro groups is 1. The molecule has 0 aromatic heterocycles. The topological polar surface area (TPSA) is 145 Å². The average Bonchev–Trinajstić information content (AvgIpc) is 2.61. The molecular weight excluding hydrogens is 356 g/mol. The molecule has 146 valence electrons. The molecule has 27 heavy (non-hydrogen) atoms. The smallest absolute Gasteiger partial charge is 0.339 e. The predicted molar refractivity (Wildman–Crippen MR) is 96.3 cm³/mol. The largest absolute Gasteiger partial charge is 0.449 e. The first-order valence-electron chi connectivity index (χ1n) is 8.53. The fraction of sp³-hybridized carbons (Fsp3) is 0.471. The first-order chi connectivity index (χ1) is 12.7. The molecule has 0 bridgehead atoms. The summed E-state index contributed by atoms with van der Waals surface area (Å²) in [6.07, 6.45) is 0.591. The number of anilines is 1. The van der Waals surface area contributed by atoms with Crippen molar-refractivity contribution in [2.75, 3.05) is 18.0 Å². The summed E-state index contributed by atoms with van der Waals surface area (Å²) >= 11 is 0. The summed E-state index contributed by atoms with van der Waals surface area (Å²) in [4.78, 5) is 47.3. The maximum absolute atomic E-state index is 12.2. The van der Waals surface area contributed by atoms with Crippen LogP contribution in [0.5, 0.6) is 0 Å². The quantitative estimate of drug-likeness (QED) is 0.449. The van der Waals surface area contributed by atoms with Gasteiger partial charge in [-0.15, -0.1) is 0 Å². The van der Waals surface area contributed by atoms with Crippen LogP contribution >= 0.6 is 0 Å². The van der Waals surface area contributed by atoms with Crippen molar-refractivity contribution < 1.29 is 24.0 Å². The fourth-order valence-corrected chi connectivity index (χ4v) is 2.82. The summed E-state index contributed by atoms with van der Waals surface area (Å²) in [5, 5.41) is 13.3. The summed E-state index contributed by atoms with van der Waals surface area (Å²) in [6, 6.07) is 2.99. The van der Waals surface area contributed by atoms with Crippen LogP contribution < -0.4 is 16.0 Å². The van der Waals surface area contributed by atoms with Crippen LogP contribution in [0.2, 0.25) is 0 Å². The van der Waals surface area contributed by atoms with Crippen molar-refractivity contribution in [1.29, 1.82) is 0 Å². The number of ether oxygens (including phenoxy) is 1. The van der Waals surface area contributed by atoms with Crippen LogP contribution in [0.3, 0.4) is 0 Å². The zero-order chi connectivity index (χ0) is 20.1. The Labute approximate surface area is 155 Å². The molecule has 1 saturated heterocycles. The first kappa shape index (κ1) is 20.1. The van der Waals surface area contributed by atoms with Crippen LogP contribution in [0, 0.1) is 16.0 Å². The number of carbonyl (C=O) groups is 3. The van der Waals surface area contributed by atoms with E-state index in [2.05, 4.69) is 6.92 Å². The van der Waals surface area contributed by atoms with Gasteiger partial charge in [0, 0.05) is 19.2 Å². The van der Waals surface area contributed by atoms with E-state index in [4.69, 9.17) is 10.5 Å². The lowest BCUT2D eigenvalue weighted by Gasteiger charge is -2.31. The number of imide groups is 1. The van der Waals surface area contributed by atoms with Gasteiger partial charge in [-0.05, 0) is 37.8 Å². The number of hydrogen-bond donors (Lipinski definition) is 2. The number of nitrogens with two attached hydrogens (primary N) is 1. The van der Waals surface area contributed by atoms with Crippen LogP contribution in [0.15, 0.2) is 18.2 Å². The Hall–Kier alpha value is -3.17. The van der Waals surface area contributed by atoms with E-state index >= 15 is 0 Å². The van der Waals surface area contributed by atoms with E-state index < -0.39 is 28.9 Å². The predicted octanol–water partition coefficient (Wildman–Crippen LogP) is 1.57. The fourth-order valence-electron chi connectivity index (χ4n) is 2.82. The third-order valence-corrected chi connectivity index (χ3v) is 4.43. The van der Waals surface area contributed by atoms with Gasteiger partial charge in [0.1, 0.15) is 5.69 Å². The molecule has 1 fully saturated rings. The molecule has 3 amide bonds. The second-order valence-electron chi connectivity index (χ2n) is 6.53. The van der Waals surface area contributed by atoms with Gasteiger partial charge in [0.25, 0.3) is 11.6 Å². The van der Waals surface area contributed by atoms with Crippen molar-refractivity contribution in [3.05, 3.63) is 33.9 Å². The van der Waals surface area contributed by atoms with Gasteiger partial charge in [-0.25, -0.2) is 9.59 Å². The Morgan fingerprint density at radius 1 is 1.33 bits per heavy atom. The normalized spacial score (nSPS) is 15.7. The van der Waals surface area contributed by atoms with Crippen molar-refractivity contribution in [2.24, 2.45) is 11.7 Å². The number of rotatable bonds is 5. The number of nitrogens with one attached hydrogen (secondary N) is 1. The number of benzene rings is 1. The molecule has 1 aliphatic heterocycles. The summed E-state index contributed by atoms with van der Waals surface area (Å²) in [7, 11) is 0. The van der Waals surface area contributed by atoms with Crippen molar-refractivity contribution >= 4 is 29.3 Å². The second-order valence-corrected chi connectivity index (χ2v) is 6.53. The SMILES string of the molecule is CC1CCN(c2ccc(C(=O)OC(C)C(=O)NC(N)=O)cc2[N+](=O)[O-])CC1. The standard InChI is InChI=1S/C17H22N4O6/c1-10-5-7-20(8-6-10)13-4-3-12(9-14(13)21(25)26)16(23)27-11(2)15(22)19-17(18)24/h3-4,9-11H,5-8H2,1-2H3,(H3,18,19,22,24). The molecule has 0 radical (unpaired) electrons. The zero-order valence-corrected chi connectivity index (χ0v) is 15.1. The molecule has 3 N–H and O–H groups in total. The maximum Gasteiger partial charge on any atom is 0.339 e. The van der Waals surface area contributed by atoms with Crippen LogP contribution in [0.25, 0.3) is 0 Å². The average molecular weight is 378 g/mol. The number of urea groups is 1. The van der Waals surface area contributed by atoms with Gasteiger partial charge in [-0.1, -0.05) is 6.92 Å². The molecule has 1 aliphatic rings. The van der Waals surface area contributed by atoms with Crippen molar-refractivity contribution in [3.63, 3.8) is 0 Å². The van der Waals surface area contributed by atoms with Gasteiger partial charge in [0.2, 0.25) is 0 Å². The van der Waals surface area contributed by atoms with Gasteiger partial charge >= 0.3 is 12.0 Å². The highest BCUT2D eigenvalue weighted by molar-refractivity contribution is 5.98. The number of piperidine rings is 1. The van der Waals surface area contributed by atoms with Gasteiger partial charge in [-0.3, -0.25) is 20.2 Å². The van der Waals surface area contributed by atoms with Gasteiger partial charge in [0.05, 0.1) is 10.5 Å². The van der Waals surface area contributed by atoms with E-state index in [-0.39, 0.29) is 11.3 Å². The monoisotopic (exact) mass is 378 g/mol. The first-order valence-corrected chi connectivity index (χ1v) is 8.53. The third-order valence-electron chi connectivity index (χ3n) is 4.43. The molecule has 1 unspecified atom stereocenters. The molecule has 1 aromatic carbocycles. The summed E-state index contributed by atoms with van der Waals surface area (Å²) in [5.74, 6) is -1.23. The Bertz CT molecular complexity index is 758. The minimum atomic E-state index is -1.28. The molecule has 1 heterocycles. The van der Waals surface area contributed by atoms with Crippen LogP contribution in [-0.4, -0.2) is 42.0 Å². The lowest BCUT2D eigenvalue weighted by atomic mass is 9.98. The summed E-state index contributed by atoms with van der Waals surface area (Å²) in [5.41, 5.74) is 5.02. The van der Waals surface area contributed by atoms with E-state index in [1.807, 2.05) is 4.90 Å². The molecule has 1 aromatic rings. The number of primary amides is 1. The van der Waals surface area contributed by atoms with E-state index in [1.165, 1.54) is 19.1 Å². The molecule has 0 spiro atoms. The van der Waals surface area contributed by atoms with Crippen LogP contribution in [0.1, 0.15) is 37.0 Å². The van der Waals surface area contributed by atoms with Crippen molar-refractivity contribution in [2.45, 2.75) is 32.8 Å². The number of nitrogens with zero attached hydrogens (tertiary/aromatic N) is 2. The number of nitro benzene ring substituents is 1. The van der Waals surface area contributed by atoms with Crippen molar-refractivity contribution in [3.8, 4) is 0 Å². The highest BCUT2D eigenvalue weighted by Crippen LogP contribution is 2.32. The Morgan fingerprint density at radius 3 is 2.52 bits per heavy atom. The lowest BCUT2D eigenvalue weighted by molar-refractivity contribution is -0.384. The number of amides is 3. The second kappa shape index (κ2) is 8.47. The molecule has 0 aliphatic carbocycles. The summed E-state index contributed by atoms with van der Waals surface area (Å²) in [6.45, 7) is 4.81. The maximum atomic E-state index is 12.2. The minimum absolute atomic E-state index is 0.0606. The van der Waals surface area contributed by atoms with Gasteiger partial charge in [-0.2, -0.15) is 0 Å². The zero-order valence-electron chi connectivity index (χ0n) is 15.1. The van der Waals surface area contributed by atoms with Crippen molar-refractivity contribution in [1.82, 2.24) is 5.32 Å². The molecule has 10 heteroatoms. The molecule has 2 rings (SSSR count). The molecule has 1 atom stereocenters. The number of carbonyl (C=O) groups excluding carboxylic acids is 3. The van der Waals surface area contributed by atoms with E-state index in [1.54, 1.807) is 5.32 Å². The van der Waals surface area contributed by atoms with Gasteiger partial charge in [0.15, 0.2) is 6.10 Å². The Morgan fingerprint density at radius 2 is 1.96 bits per heavy atom. The highest BCUT2D eigenvalue weighted by Gasteiger charge is 2.26. The lowest BCUT2D eigenvalue weighted by Crippen LogP contribution is -2.42. The van der Waals surface area contributed by atoms with Crippen LogP contribution in [-0.2, 0) is 9.53 Å². The number of hydrogen-bond acceptors (Lipinski definition) is 7. The molecule has 10 nitrogen and oxygen atoms in total. The third kappa shape index (κ3) is 5.16. The highest BCUT2D eigenvalue weighted by atomic mass is 16.6. The van der Waals surface area contributed by atoms with E-state index in [9.17, 15) is 24.5 Å². The van der Waals surface area contributed by atoms with Crippen LogP contribution in [0.4, 0.5) is 16.2 Å². The molecule has 0 saturated carbocycles. The van der Waals surface area contributed by atoms with Gasteiger partial charge < -0.3 is 15.4 Å².